The quantitative estimate of drug-likeness (QED) is 0.611. The molecule has 1 N–H and O–H groups in total. The molecule has 172 valence electrons. The zero-order chi connectivity index (χ0) is 23.7. The van der Waals surface area contributed by atoms with Gasteiger partial charge in [-0.15, -0.1) is 0 Å². The Balaban J connectivity index is 1.23. The van der Waals surface area contributed by atoms with Gasteiger partial charge in [0, 0.05) is 29.4 Å². The molecule has 0 bridgehead atoms. The lowest BCUT2D eigenvalue weighted by Crippen LogP contribution is -2.45. The summed E-state index contributed by atoms with van der Waals surface area (Å²) < 4.78 is 5.42. The molecule has 0 saturated carbocycles. The average molecular weight is 476 g/mol. The maximum absolute atomic E-state index is 12.9. The number of amides is 3. The first kappa shape index (κ1) is 22.0. The van der Waals surface area contributed by atoms with Gasteiger partial charge in [-0.2, -0.15) is 0 Å². The summed E-state index contributed by atoms with van der Waals surface area (Å²) in [5, 5.41) is 3.33. The first-order valence-electron chi connectivity index (χ1n) is 11.0. The topological polar surface area (TPSA) is 79.0 Å². The molecular weight excluding hydrogens is 454 g/mol. The average Bonchev–Trinajstić information content (AvgIpc) is 3.28. The molecule has 8 heteroatoms. The second kappa shape index (κ2) is 9.19. The SMILES string of the molecule is O=C(CN1C(=O)COc2ccc(Cl)cc21)NCc1ccc2c(c1)CCN2C(=O)c1ccccc1. The van der Waals surface area contributed by atoms with Gasteiger partial charge in [0.2, 0.25) is 5.91 Å². The number of rotatable bonds is 5. The first-order chi connectivity index (χ1) is 16.5. The molecule has 3 aromatic rings. The van der Waals surface area contributed by atoms with Crippen molar-refractivity contribution in [2.45, 2.75) is 13.0 Å². The van der Waals surface area contributed by atoms with E-state index in [9.17, 15) is 14.4 Å². The summed E-state index contributed by atoms with van der Waals surface area (Å²) in [7, 11) is 0. The Labute approximate surface area is 201 Å². The highest BCUT2D eigenvalue weighted by atomic mass is 35.5. The van der Waals surface area contributed by atoms with Gasteiger partial charge < -0.3 is 15.0 Å². The highest BCUT2D eigenvalue weighted by molar-refractivity contribution is 6.31. The van der Waals surface area contributed by atoms with Crippen LogP contribution in [0.25, 0.3) is 0 Å². The molecule has 2 aliphatic rings. The van der Waals surface area contributed by atoms with E-state index in [1.807, 2.05) is 48.5 Å². The summed E-state index contributed by atoms with van der Waals surface area (Å²) in [4.78, 5) is 41.0. The molecule has 0 unspecified atom stereocenters. The van der Waals surface area contributed by atoms with Gasteiger partial charge in [0.05, 0.1) is 5.69 Å². The molecule has 0 radical (unpaired) electrons. The van der Waals surface area contributed by atoms with Gasteiger partial charge in [-0.3, -0.25) is 19.3 Å². The summed E-state index contributed by atoms with van der Waals surface area (Å²) in [6, 6.07) is 20.1. The van der Waals surface area contributed by atoms with Crippen molar-refractivity contribution in [3.8, 4) is 5.75 Å². The Morgan fingerprint density at radius 3 is 2.65 bits per heavy atom. The minimum absolute atomic E-state index is 0.0176. The number of hydrogen-bond acceptors (Lipinski definition) is 4. The van der Waals surface area contributed by atoms with E-state index < -0.39 is 0 Å². The molecule has 3 amide bonds. The van der Waals surface area contributed by atoms with Crippen molar-refractivity contribution in [1.82, 2.24) is 5.32 Å². The third-order valence-corrected chi connectivity index (χ3v) is 6.20. The number of nitrogens with one attached hydrogen (secondary N) is 1. The lowest BCUT2D eigenvalue weighted by molar-refractivity contribution is -0.125. The Morgan fingerprint density at radius 1 is 1.00 bits per heavy atom. The summed E-state index contributed by atoms with van der Waals surface area (Å²) in [5.41, 5.74) is 4.05. The molecule has 0 fully saturated rings. The van der Waals surface area contributed by atoms with Gasteiger partial charge in [-0.1, -0.05) is 41.9 Å². The number of hydrogen-bond donors (Lipinski definition) is 1. The van der Waals surface area contributed by atoms with E-state index in [0.29, 0.717) is 35.1 Å². The van der Waals surface area contributed by atoms with Crippen molar-refractivity contribution in [3.63, 3.8) is 0 Å². The van der Waals surface area contributed by atoms with E-state index in [-0.39, 0.29) is 30.9 Å². The van der Waals surface area contributed by atoms with Crippen LogP contribution in [0.2, 0.25) is 5.02 Å². The second-order valence-electron chi connectivity index (χ2n) is 8.19. The molecule has 34 heavy (non-hydrogen) atoms. The van der Waals surface area contributed by atoms with E-state index in [4.69, 9.17) is 16.3 Å². The molecule has 0 saturated heterocycles. The van der Waals surface area contributed by atoms with Gasteiger partial charge in [-0.25, -0.2) is 0 Å². The van der Waals surface area contributed by atoms with Crippen LogP contribution < -0.4 is 19.9 Å². The molecule has 0 atom stereocenters. The van der Waals surface area contributed by atoms with E-state index in [0.717, 1.165) is 23.2 Å². The fourth-order valence-electron chi connectivity index (χ4n) is 4.26. The minimum Gasteiger partial charge on any atom is -0.482 e. The van der Waals surface area contributed by atoms with Crippen LogP contribution >= 0.6 is 11.6 Å². The van der Waals surface area contributed by atoms with Gasteiger partial charge in [0.1, 0.15) is 12.3 Å². The molecule has 3 aromatic carbocycles. The molecule has 5 rings (SSSR count). The van der Waals surface area contributed by atoms with Crippen molar-refractivity contribution >= 4 is 40.7 Å². The molecule has 2 aliphatic heterocycles. The Kier molecular flexibility index (Phi) is 5.94. The third-order valence-electron chi connectivity index (χ3n) is 5.96. The zero-order valence-corrected chi connectivity index (χ0v) is 19.0. The number of fused-ring (bicyclic) bond motifs is 2. The van der Waals surface area contributed by atoms with Gasteiger partial charge in [-0.05, 0) is 53.9 Å². The van der Waals surface area contributed by atoms with Crippen LogP contribution in [0.3, 0.4) is 0 Å². The van der Waals surface area contributed by atoms with Crippen LogP contribution in [-0.2, 0) is 22.6 Å². The first-order valence-corrected chi connectivity index (χ1v) is 11.4. The number of anilines is 2. The predicted octanol–water partition coefficient (Wildman–Crippen LogP) is 3.58. The molecular formula is C26H22ClN3O4. The second-order valence-corrected chi connectivity index (χ2v) is 8.63. The third kappa shape index (κ3) is 4.34. The highest BCUT2D eigenvalue weighted by Crippen LogP contribution is 2.34. The van der Waals surface area contributed by atoms with E-state index >= 15 is 0 Å². The standard InChI is InChI=1S/C26H22ClN3O4/c27-20-7-9-23-22(13-20)30(25(32)16-34-23)15-24(31)28-14-17-6-8-21-19(12-17)10-11-29(21)26(33)18-4-2-1-3-5-18/h1-9,12-13H,10-11,14-16H2,(H,28,31). The largest absolute Gasteiger partial charge is 0.482 e. The predicted molar refractivity (Wildman–Crippen MR) is 129 cm³/mol. The fraction of sp³-hybridized carbons (Fsp3) is 0.192. The van der Waals surface area contributed by atoms with Gasteiger partial charge >= 0.3 is 0 Å². The van der Waals surface area contributed by atoms with Crippen LogP contribution in [0.1, 0.15) is 21.5 Å². The normalized spacial score (nSPS) is 14.3. The molecule has 2 heterocycles. The van der Waals surface area contributed by atoms with Crippen LogP contribution in [0.4, 0.5) is 11.4 Å². The van der Waals surface area contributed by atoms with E-state index in [1.54, 1.807) is 23.1 Å². The number of benzene rings is 3. The molecule has 0 spiro atoms. The molecule has 0 aromatic heterocycles. The van der Waals surface area contributed by atoms with Crippen LogP contribution in [0, 0.1) is 0 Å². The van der Waals surface area contributed by atoms with Crippen molar-refractivity contribution in [2.24, 2.45) is 0 Å². The van der Waals surface area contributed by atoms with Crippen molar-refractivity contribution in [1.29, 1.82) is 0 Å². The summed E-state index contributed by atoms with van der Waals surface area (Å²) in [6.45, 7) is 0.699. The van der Waals surface area contributed by atoms with Gasteiger partial charge in [0.15, 0.2) is 6.61 Å². The Morgan fingerprint density at radius 2 is 1.82 bits per heavy atom. The Hall–Kier alpha value is -3.84. The maximum Gasteiger partial charge on any atom is 0.265 e. The smallest absolute Gasteiger partial charge is 0.265 e. The van der Waals surface area contributed by atoms with Crippen LogP contribution in [-0.4, -0.2) is 37.4 Å². The number of halogens is 1. The van der Waals surface area contributed by atoms with Crippen molar-refractivity contribution in [3.05, 3.63) is 88.4 Å². The summed E-state index contributed by atoms with van der Waals surface area (Å²) in [6.07, 6.45) is 0.759. The number of carbonyl (C=O) groups excluding carboxylic acids is 3. The maximum atomic E-state index is 12.9. The number of nitrogens with zero attached hydrogens (tertiary/aromatic N) is 2. The lowest BCUT2D eigenvalue weighted by Gasteiger charge is -2.29. The van der Waals surface area contributed by atoms with Crippen LogP contribution in [0.15, 0.2) is 66.7 Å². The lowest BCUT2D eigenvalue weighted by atomic mass is 10.1. The monoisotopic (exact) mass is 475 g/mol. The van der Waals surface area contributed by atoms with Crippen LogP contribution in [0.5, 0.6) is 5.75 Å². The summed E-state index contributed by atoms with van der Waals surface area (Å²) in [5.74, 6) is -0.0887. The van der Waals surface area contributed by atoms with Crippen molar-refractivity contribution in [2.75, 3.05) is 29.5 Å². The Bertz CT molecular complexity index is 1280. The zero-order valence-electron chi connectivity index (χ0n) is 18.3. The highest BCUT2D eigenvalue weighted by Gasteiger charge is 2.28. The van der Waals surface area contributed by atoms with Crippen molar-refractivity contribution < 1.29 is 19.1 Å². The van der Waals surface area contributed by atoms with E-state index in [2.05, 4.69) is 5.32 Å². The number of carbonyl (C=O) groups is 3. The van der Waals surface area contributed by atoms with E-state index in [1.165, 1.54) is 4.90 Å². The fourth-order valence-corrected chi connectivity index (χ4v) is 4.43. The summed E-state index contributed by atoms with van der Waals surface area (Å²) >= 11 is 6.06. The molecule has 7 nitrogen and oxygen atoms in total. The molecule has 0 aliphatic carbocycles. The number of ether oxygens (including phenoxy) is 1. The minimum atomic E-state index is -0.300. The van der Waals surface area contributed by atoms with Gasteiger partial charge in [0.25, 0.3) is 11.8 Å².